The van der Waals surface area contributed by atoms with Crippen molar-refractivity contribution in [1.82, 2.24) is 17.6 Å². The molecule has 0 N–H and O–H groups in total. The van der Waals surface area contributed by atoms with Crippen LogP contribution in [0, 0.1) is 11.3 Å². The highest BCUT2D eigenvalue weighted by molar-refractivity contribution is 9.07. The third-order valence-corrected chi connectivity index (χ3v) is 6.51. The molecule has 1 aliphatic carbocycles. The van der Waals surface area contributed by atoms with Crippen molar-refractivity contribution in [3.05, 3.63) is 57.2 Å². The zero-order valence-corrected chi connectivity index (χ0v) is 18.4. The Morgan fingerprint density at radius 1 is 1.13 bits per heavy atom. The van der Waals surface area contributed by atoms with Crippen LogP contribution in [0.4, 0.5) is 0 Å². The number of halogens is 1. The van der Waals surface area contributed by atoms with Gasteiger partial charge in [0.05, 0.1) is 23.3 Å². The molecule has 0 amide bonds. The number of aryl methyl sites for hydroxylation is 1. The van der Waals surface area contributed by atoms with Crippen LogP contribution in [-0.2, 0) is 13.1 Å². The molecule has 154 valence electrons. The predicted octanol–water partition coefficient (Wildman–Crippen LogP) is 2.83. The van der Waals surface area contributed by atoms with E-state index in [0.29, 0.717) is 19.0 Å². The highest BCUT2D eigenvalue weighted by Crippen LogP contribution is 2.32. The SMILES string of the molecule is N#CCCCCn1c(Cn2c3c(n(C4CC4)c2=O)=CCN(Br)C=3)cc2ccccc21. The van der Waals surface area contributed by atoms with Gasteiger partial charge in [-0.05, 0) is 49.3 Å². The van der Waals surface area contributed by atoms with Gasteiger partial charge in [0.2, 0.25) is 0 Å². The molecule has 0 spiro atoms. The molecule has 5 rings (SSSR count). The van der Waals surface area contributed by atoms with E-state index in [1.165, 1.54) is 10.9 Å². The van der Waals surface area contributed by atoms with E-state index < -0.39 is 0 Å². The van der Waals surface area contributed by atoms with Crippen LogP contribution in [0.15, 0.2) is 35.1 Å². The first-order chi connectivity index (χ1) is 14.7. The van der Waals surface area contributed by atoms with Crippen molar-refractivity contribution in [3.8, 4) is 6.07 Å². The van der Waals surface area contributed by atoms with Gasteiger partial charge in [-0.1, -0.05) is 18.2 Å². The number of fused-ring (bicyclic) bond motifs is 2. The van der Waals surface area contributed by atoms with E-state index in [4.69, 9.17) is 5.26 Å². The summed E-state index contributed by atoms with van der Waals surface area (Å²) in [6.07, 6.45) is 8.75. The molecule has 1 aliphatic heterocycles. The van der Waals surface area contributed by atoms with Crippen LogP contribution in [0.1, 0.15) is 43.8 Å². The van der Waals surface area contributed by atoms with Crippen molar-refractivity contribution < 1.29 is 0 Å². The number of nitrogens with zero attached hydrogens (tertiary/aromatic N) is 5. The molecule has 2 aliphatic rings. The third kappa shape index (κ3) is 3.39. The second kappa shape index (κ2) is 7.84. The predicted molar refractivity (Wildman–Crippen MR) is 121 cm³/mol. The van der Waals surface area contributed by atoms with Crippen LogP contribution in [0.5, 0.6) is 0 Å². The quantitative estimate of drug-likeness (QED) is 0.398. The Morgan fingerprint density at radius 2 is 1.97 bits per heavy atom. The lowest BCUT2D eigenvalue weighted by Gasteiger charge is -2.13. The Balaban J connectivity index is 1.60. The molecule has 0 atom stereocenters. The number of para-hydroxylation sites is 1. The van der Waals surface area contributed by atoms with Gasteiger partial charge < -0.3 is 8.49 Å². The van der Waals surface area contributed by atoms with Gasteiger partial charge >= 0.3 is 5.69 Å². The van der Waals surface area contributed by atoms with E-state index in [0.717, 1.165) is 55.2 Å². The van der Waals surface area contributed by atoms with Crippen molar-refractivity contribution in [2.75, 3.05) is 6.54 Å². The highest BCUT2D eigenvalue weighted by Gasteiger charge is 2.29. The second-order valence-electron chi connectivity index (χ2n) is 8.12. The number of benzene rings is 1. The first-order valence-electron chi connectivity index (χ1n) is 10.6. The van der Waals surface area contributed by atoms with E-state index >= 15 is 0 Å². The molecular weight excluding hydrogens is 442 g/mol. The molecule has 2 aromatic heterocycles. The molecule has 0 unspecified atom stereocenters. The number of hydrogen-bond acceptors (Lipinski definition) is 3. The molecular formula is C23H24BrN5O. The molecule has 1 aromatic carbocycles. The van der Waals surface area contributed by atoms with Gasteiger partial charge in [-0.3, -0.25) is 9.13 Å². The Bertz CT molecular complexity index is 1320. The van der Waals surface area contributed by atoms with Crippen LogP contribution in [0.3, 0.4) is 0 Å². The molecule has 6 nitrogen and oxygen atoms in total. The smallest absolute Gasteiger partial charge is 0.329 e. The maximum Gasteiger partial charge on any atom is 0.329 e. The Kier molecular flexibility index (Phi) is 5.03. The van der Waals surface area contributed by atoms with Crippen molar-refractivity contribution >= 4 is 39.3 Å². The van der Waals surface area contributed by atoms with E-state index in [1.54, 1.807) is 0 Å². The molecule has 0 radical (unpaired) electrons. The molecule has 7 heteroatoms. The van der Waals surface area contributed by atoms with Gasteiger partial charge in [-0.15, -0.1) is 0 Å². The van der Waals surface area contributed by atoms with Gasteiger partial charge in [-0.2, -0.15) is 5.26 Å². The van der Waals surface area contributed by atoms with Crippen LogP contribution < -0.4 is 16.4 Å². The summed E-state index contributed by atoms with van der Waals surface area (Å²) < 4.78 is 8.17. The monoisotopic (exact) mass is 465 g/mol. The van der Waals surface area contributed by atoms with E-state index in [2.05, 4.69) is 63.2 Å². The Morgan fingerprint density at radius 3 is 2.77 bits per heavy atom. The molecule has 0 bridgehead atoms. The number of hydrogen-bond donors (Lipinski definition) is 0. The van der Waals surface area contributed by atoms with Crippen LogP contribution in [0.2, 0.25) is 0 Å². The second-order valence-corrected chi connectivity index (χ2v) is 9.03. The zero-order valence-electron chi connectivity index (χ0n) is 16.8. The molecule has 3 aromatic rings. The first kappa shape index (κ1) is 19.3. The minimum Gasteiger partial charge on any atom is -0.343 e. The fourth-order valence-electron chi connectivity index (χ4n) is 4.43. The van der Waals surface area contributed by atoms with Gasteiger partial charge in [0.25, 0.3) is 0 Å². The molecule has 1 saturated carbocycles. The number of rotatable bonds is 7. The summed E-state index contributed by atoms with van der Waals surface area (Å²) in [6, 6.07) is 13.1. The topological polar surface area (TPSA) is 58.9 Å². The van der Waals surface area contributed by atoms with Crippen LogP contribution >= 0.6 is 16.1 Å². The summed E-state index contributed by atoms with van der Waals surface area (Å²) in [7, 11) is 0. The van der Waals surface area contributed by atoms with E-state index in [-0.39, 0.29) is 5.69 Å². The van der Waals surface area contributed by atoms with Gasteiger partial charge in [-0.25, -0.2) is 4.79 Å². The maximum atomic E-state index is 13.4. The average Bonchev–Trinajstić information content (AvgIpc) is 3.47. The molecule has 1 fully saturated rings. The summed E-state index contributed by atoms with van der Waals surface area (Å²) in [4.78, 5) is 13.4. The standard InChI is InChI=1S/C23H24BrN5O/c24-26-13-10-21-22(16-26)28(23(30)29(21)18-8-9-18)15-19-14-17-6-2-3-7-20(17)27(19)12-5-1-4-11-25/h2-3,6-7,10,14,16,18H,1,4-5,8-9,12-13,15H2. The Labute approximate surface area is 183 Å². The molecule has 3 heterocycles. The van der Waals surface area contributed by atoms with Crippen LogP contribution in [-0.4, -0.2) is 24.2 Å². The summed E-state index contributed by atoms with van der Waals surface area (Å²) in [6.45, 7) is 2.15. The lowest BCUT2D eigenvalue weighted by Crippen LogP contribution is -2.39. The van der Waals surface area contributed by atoms with E-state index in [1.807, 2.05) is 19.3 Å². The van der Waals surface area contributed by atoms with Crippen molar-refractivity contribution in [2.24, 2.45) is 0 Å². The molecule has 30 heavy (non-hydrogen) atoms. The third-order valence-electron chi connectivity index (χ3n) is 6.02. The fourth-order valence-corrected chi connectivity index (χ4v) is 4.77. The summed E-state index contributed by atoms with van der Waals surface area (Å²) >= 11 is 3.55. The largest absolute Gasteiger partial charge is 0.343 e. The number of unbranched alkanes of at least 4 members (excludes halogenated alkanes) is 2. The minimum atomic E-state index is 0.0825. The minimum absolute atomic E-state index is 0.0825. The van der Waals surface area contributed by atoms with Gasteiger partial charge in [0.1, 0.15) is 0 Å². The number of aromatic nitrogens is 3. The van der Waals surface area contributed by atoms with Crippen molar-refractivity contribution in [1.29, 1.82) is 5.26 Å². The van der Waals surface area contributed by atoms with Crippen molar-refractivity contribution in [2.45, 2.75) is 51.2 Å². The number of nitriles is 1. The van der Waals surface area contributed by atoms with Gasteiger partial charge in [0.15, 0.2) is 0 Å². The zero-order chi connectivity index (χ0) is 20.7. The van der Waals surface area contributed by atoms with E-state index in [9.17, 15) is 4.79 Å². The van der Waals surface area contributed by atoms with Gasteiger partial charge in [0, 0.05) is 59.1 Å². The fraction of sp³-hybridized carbons (Fsp3) is 0.391. The number of imidazole rings is 1. The van der Waals surface area contributed by atoms with Crippen LogP contribution in [0.25, 0.3) is 23.2 Å². The summed E-state index contributed by atoms with van der Waals surface area (Å²) in [5.74, 6) is 0. The average molecular weight is 466 g/mol. The maximum absolute atomic E-state index is 13.4. The normalized spacial score (nSPS) is 15.5. The molecule has 0 saturated heterocycles. The summed E-state index contributed by atoms with van der Waals surface area (Å²) in [5.41, 5.74) is 2.40. The van der Waals surface area contributed by atoms with Crippen molar-refractivity contribution in [3.63, 3.8) is 0 Å². The first-order valence-corrected chi connectivity index (χ1v) is 11.3. The summed E-state index contributed by atoms with van der Waals surface area (Å²) in [5, 5.41) is 12.1. The highest BCUT2D eigenvalue weighted by atomic mass is 79.9. The lowest BCUT2D eigenvalue weighted by molar-refractivity contribution is 0.582. The lowest BCUT2D eigenvalue weighted by atomic mass is 10.2. The Hall–Kier alpha value is -2.72.